The fourth-order valence-electron chi connectivity index (χ4n) is 3.95. The van der Waals surface area contributed by atoms with Gasteiger partial charge >= 0.3 is 0 Å². The molecule has 2 N–H and O–H groups in total. The van der Waals surface area contributed by atoms with Gasteiger partial charge < -0.3 is 10.2 Å². The molecule has 1 saturated heterocycles. The molecule has 0 aromatic heterocycles. The fourth-order valence-corrected chi connectivity index (χ4v) is 5.03. The summed E-state index contributed by atoms with van der Waals surface area (Å²) in [5.41, 5.74) is 0.818. The maximum absolute atomic E-state index is 13.4. The van der Waals surface area contributed by atoms with Crippen LogP contribution in [0.4, 0.5) is 10.1 Å². The van der Waals surface area contributed by atoms with Crippen molar-refractivity contribution in [3.8, 4) is 0 Å². The van der Waals surface area contributed by atoms with Crippen LogP contribution in [0.2, 0.25) is 0 Å². The van der Waals surface area contributed by atoms with Crippen LogP contribution < -0.4 is 10.0 Å². The van der Waals surface area contributed by atoms with Crippen molar-refractivity contribution in [1.29, 1.82) is 0 Å². The van der Waals surface area contributed by atoms with Crippen LogP contribution in [-0.2, 0) is 14.8 Å². The second-order valence-corrected chi connectivity index (χ2v) is 10.3. The van der Waals surface area contributed by atoms with E-state index in [1.54, 1.807) is 23.1 Å². The number of hydrogen-bond acceptors (Lipinski definition) is 4. The smallest absolute Gasteiger partial charge is 0.253 e. The van der Waals surface area contributed by atoms with Crippen LogP contribution in [0.15, 0.2) is 53.4 Å². The number of unbranched alkanes of at least 4 members (excludes halogenated alkanes) is 3. The summed E-state index contributed by atoms with van der Waals surface area (Å²) in [7, 11) is -3.58. The van der Waals surface area contributed by atoms with E-state index >= 15 is 0 Å². The highest BCUT2D eigenvalue weighted by molar-refractivity contribution is 7.89. The minimum atomic E-state index is -3.58. The molecule has 1 fully saturated rings. The second kappa shape index (κ2) is 12.1. The van der Waals surface area contributed by atoms with Crippen LogP contribution in [0.5, 0.6) is 0 Å². The number of carbonyl (C=O) groups excluding carboxylic acids is 2. The lowest BCUT2D eigenvalue weighted by molar-refractivity contribution is -0.121. The van der Waals surface area contributed by atoms with Crippen molar-refractivity contribution in [2.75, 3.05) is 25.0 Å². The third kappa shape index (κ3) is 7.11. The molecular formula is C25H32FN3O4S. The van der Waals surface area contributed by atoms with Gasteiger partial charge in [-0.05, 0) is 61.7 Å². The molecule has 0 unspecified atom stereocenters. The SMILES string of the molecule is CCCCCCNS(=O)(=O)c1ccc(NC(=O)C2CCN(C(=O)c3cccc(F)c3)CC2)cc1. The van der Waals surface area contributed by atoms with Gasteiger partial charge in [0.2, 0.25) is 15.9 Å². The van der Waals surface area contributed by atoms with Gasteiger partial charge in [0, 0.05) is 36.8 Å². The lowest BCUT2D eigenvalue weighted by Gasteiger charge is -2.31. The van der Waals surface area contributed by atoms with Crippen LogP contribution in [0, 0.1) is 11.7 Å². The van der Waals surface area contributed by atoms with Crippen LogP contribution in [0.1, 0.15) is 55.8 Å². The van der Waals surface area contributed by atoms with Gasteiger partial charge in [-0.25, -0.2) is 17.5 Å². The summed E-state index contributed by atoms with van der Waals surface area (Å²) in [5.74, 6) is -1.12. The molecule has 1 aliphatic heterocycles. The number of hydrogen-bond donors (Lipinski definition) is 2. The number of benzene rings is 2. The molecule has 0 bridgehead atoms. The molecule has 0 atom stereocenters. The number of nitrogens with one attached hydrogen (secondary N) is 2. The summed E-state index contributed by atoms with van der Waals surface area (Å²) < 4.78 is 40.8. The van der Waals surface area contributed by atoms with E-state index in [1.165, 1.54) is 30.3 Å². The lowest BCUT2D eigenvalue weighted by atomic mass is 9.95. The first-order valence-electron chi connectivity index (χ1n) is 11.8. The third-order valence-electron chi connectivity index (χ3n) is 5.98. The van der Waals surface area contributed by atoms with Gasteiger partial charge in [0.25, 0.3) is 5.91 Å². The topological polar surface area (TPSA) is 95.6 Å². The number of carbonyl (C=O) groups is 2. The van der Waals surface area contributed by atoms with Crippen molar-refractivity contribution >= 4 is 27.5 Å². The first-order chi connectivity index (χ1) is 16.3. The average Bonchev–Trinajstić information content (AvgIpc) is 2.84. The Bertz CT molecular complexity index is 1080. The Kier molecular flexibility index (Phi) is 9.18. The molecule has 9 heteroatoms. The first-order valence-corrected chi connectivity index (χ1v) is 13.2. The van der Waals surface area contributed by atoms with Crippen LogP contribution >= 0.6 is 0 Å². The van der Waals surface area contributed by atoms with E-state index in [2.05, 4.69) is 17.0 Å². The maximum atomic E-state index is 13.4. The van der Waals surface area contributed by atoms with E-state index in [-0.39, 0.29) is 22.6 Å². The Labute approximate surface area is 200 Å². The Balaban J connectivity index is 1.48. The highest BCUT2D eigenvalue weighted by Gasteiger charge is 2.28. The normalized spacial score (nSPS) is 14.7. The van der Waals surface area contributed by atoms with Crippen molar-refractivity contribution in [3.05, 3.63) is 59.9 Å². The summed E-state index contributed by atoms with van der Waals surface area (Å²) in [6.07, 6.45) is 4.96. The number of sulfonamides is 1. The molecule has 0 saturated carbocycles. The molecule has 0 radical (unpaired) electrons. The van der Waals surface area contributed by atoms with E-state index in [1.807, 2.05) is 0 Å². The van der Waals surface area contributed by atoms with Gasteiger partial charge in [-0.2, -0.15) is 0 Å². The molecule has 1 aliphatic rings. The van der Waals surface area contributed by atoms with E-state index in [0.717, 1.165) is 25.7 Å². The summed E-state index contributed by atoms with van der Waals surface area (Å²) >= 11 is 0. The molecule has 2 aromatic carbocycles. The number of anilines is 1. The van der Waals surface area contributed by atoms with Crippen molar-refractivity contribution in [2.45, 2.75) is 50.3 Å². The van der Waals surface area contributed by atoms with Gasteiger partial charge in [0.05, 0.1) is 4.90 Å². The molecule has 184 valence electrons. The van der Waals surface area contributed by atoms with Gasteiger partial charge in [-0.3, -0.25) is 9.59 Å². The predicted octanol–water partition coefficient (Wildman–Crippen LogP) is 4.18. The number of halogens is 1. The molecule has 3 rings (SSSR count). The van der Waals surface area contributed by atoms with E-state index in [9.17, 15) is 22.4 Å². The summed E-state index contributed by atoms with van der Waals surface area (Å²) in [6.45, 7) is 3.33. The van der Waals surface area contributed by atoms with Crippen molar-refractivity contribution in [1.82, 2.24) is 9.62 Å². The molecule has 2 aromatic rings. The Morgan fingerprint density at radius 1 is 1.03 bits per heavy atom. The van der Waals surface area contributed by atoms with Crippen LogP contribution in [0.3, 0.4) is 0 Å². The Morgan fingerprint density at radius 2 is 1.74 bits per heavy atom. The third-order valence-corrected chi connectivity index (χ3v) is 7.46. The standard InChI is InChI=1S/C25H32FN3O4S/c1-2-3-4-5-15-27-34(32,33)23-11-9-22(10-12-23)28-24(30)19-13-16-29(17-14-19)25(31)20-7-6-8-21(26)18-20/h6-12,18-19,27H,2-5,13-17H2,1H3,(H,28,30). The highest BCUT2D eigenvalue weighted by Crippen LogP contribution is 2.22. The zero-order chi connectivity index (χ0) is 24.6. The van der Waals surface area contributed by atoms with Crippen LogP contribution in [-0.4, -0.2) is 44.8 Å². The Morgan fingerprint density at radius 3 is 2.38 bits per heavy atom. The molecule has 0 spiro atoms. The first kappa shape index (κ1) is 25.8. The van der Waals surface area contributed by atoms with Gasteiger partial charge in [-0.15, -0.1) is 0 Å². The van der Waals surface area contributed by atoms with Crippen LogP contribution in [0.25, 0.3) is 0 Å². The largest absolute Gasteiger partial charge is 0.339 e. The highest BCUT2D eigenvalue weighted by atomic mass is 32.2. The number of rotatable bonds is 10. The monoisotopic (exact) mass is 489 g/mol. The molecule has 34 heavy (non-hydrogen) atoms. The van der Waals surface area contributed by atoms with Crippen molar-refractivity contribution in [3.63, 3.8) is 0 Å². The minimum Gasteiger partial charge on any atom is -0.339 e. The molecule has 0 aliphatic carbocycles. The van der Waals surface area contributed by atoms with Crippen molar-refractivity contribution < 1.29 is 22.4 Å². The number of piperidine rings is 1. The molecule has 7 nitrogen and oxygen atoms in total. The fraction of sp³-hybridized carbons (Fsp3) is 0.440. The van der Waals surface area contributed by atoms with E-state index in [4.69, 9.17) is 0 Å². The minimum absolute atomic E-state index is 0.158. The van der Waals surface area contributed by atoms with E-state index < -0.39 is 15.8 Å². The summed E-state index contributed by atoms with van der Waals surface area (Å²) in [6, 6.07) is 11.7. The van der Waals surface area contributed by atoms with Crippen molar-refractivity contribution in [2.24, 2.45) is 5.92 Å². The lowest BCUT2D eigenvalue weighted by Crippen LogP contribution is -2.41. The molecular weight excluding hydrogens is 457 g/mol. The maximum Gasteiger partial charge on any atom is 0.253 e. The van der Waals surface area contributed by atoms with Gasteiger partial charge in [0.15, 0.2) is 0 Å². The Hall–Kier alpha value is -2.78. The van der Waals surface area contributed by atoms with Gasteiger partial charge in [0.1, 0.15) is 5.82 Å². The zero-order valence-electron chi connectivity index (χ0n) is 19.4. The predicted molar refractivity (Wildman–Crippen MR) is 129 cm³/mol. The van der Waals surface area contributed by atoms with E-state index in [0.29, 0.717) is 43.7 Å². The van der Waals surface area contributed by atoms with Gasteiger partial charge in [-0.1, -0.05) is 32.3 Å². The number of amides is 2. The summed E-state index contributed by atoms with van der Waals surface area (Å²) in [4.78, 5) is 27.0. The average molecular weight is 490 g/mol. The quantitative estimate of drug-likeness (QED) is 0.490. The molecule has 2 amide bonds. The summed E-state index contributed by atoms with van der Waals surface area (Å²) in [5, 5.41) is 2.83. The number of likely N-dealkylation sites (tertiary alicyclic amines) is 1. The molecule has 1 heterocycles. The number of nitrogens with zero attached hydrogens (tertiary/aromatic N) is 1. The second-order valence-electron chi connectivity index (χ2n) is 8.55. The zero-order valence-corrected chi connectivity index (χ0v) is 20.2.